The molecule has 1 rings (SSSR count). The first kappa shape index (κ1) is 33.7. The van der Waals surface area contributed by atoms with Crippen molar-refractivity contribution in [2.24, 2.45) is 16.6 Å². The Balaban J connectivity index is 3.27. The number of methoxy groups -OCH3 is 1. The van der Waals surface area contributed by atoms with E-state index in [-0.39, 0.29) is 54.8 Å². The standard InChI is InChI=1S/C28H43NO10/c1-10-22(30)37-18(2)14-28(29,23(31)34-9)15-19-11-12-20(38-24(32)35-16-26(3,4)5)21(13-19)39-25(33)36-17-27(6,7)8/h11-13,18H,10,14-17,29H2,1-9H3/t18?,28-/m1/s1. The minimum Gasteiger partial charge on any atom is -0.468 e. The second kappa shape index (κ2) is 14.2. The van der Waals surface area contributed by atoms with Crippen molar-refractivity contribution in [1.82, 2.24) is 0 Å². The fourth-order valence-corrected chi connectivity index (χ4v) is 3.27. The Bertz CT molecular complexity index is 1010. The van der Waals surface area contributed by atoms with Crippen LogP contribution < -0.4 is 15.2 Å². The molecule has 0 aromatic heterocycles. The number of ether oxygens (including phenoxy) is 6. The molecular weight excluding hydrogens is 510 g/mol. The maximum atomic E-state index is 12.7. The second-order valence-corrected chi connectivity index (χ2v) is 11.9. The predicted octanol–water partition coefficient (Wildman–Crippen LogP) is 4.95. The molecule has 1 aromatic carbocycles. The van der Waals surface area contributed by atoms with E-state index in [1.165, 1.54) is 19.2 Å². The quantitative estimate of drug-likeness (QED) is 0.225. The van der Waals surface area contributed by atoms with Gasteiger partial charge >= 0.3 is 24.2 Å². The highest BCUT2D eigenvalue weighted by molar-refractivity contribution is 5.81. The van der Waals surface area contributed by atoms with Crippen LogP contribution in [0.1, 0.15) is 73.8 Å². The molecule has 39 heavy (non-hydrogen) atoms. The lowest BCUT2D eigenvalue weighted by atomic mass is 9.86. The lowest BCUT2D eigenvalue weighted by molar-refractivity contribution is -0.154. The largest absolute Gasteiger partial charge is 0.513 e. The van der Waals surface area contributed by atoms with Gasteiger partial charge in [-0.15, -0.1) is 0 Å². The molecule has 2 atom stereocenters. The zero-order valence-electron chi connectivity index (χ0n) is 24.5. The summed E-state index contributed by atoms with van der Waals surface area (Å²) in [4.78, 5) is 49.1. The maximum Gasteiger partial charge on any atom is 0.513 e. The number of carbonyl (C=O) groups is 4. The van der Waals surface area contributed by atoms with Crippen LogP contribution in [0.5, 0.6) is 11.5 Å². The molecule has 0 spiro atoms. The molecular formula is C28H43NO10. The molecule has 0 aliphatic heterocycles. The average Bonchev–Trinajstić information content (AvgIpc) is 2.81. The van der Waals surface area contributed by atoms with Crippen LogP contribution in [-0.4, -0.2) is 56.2 Å². The average molecular weight is 554 g/mol. The summed E-state index contributed by atoms with van der Waals surface area (Å²) in [6, 6.07) is 4.34. The van der Waals surface area contributed by atoms with Gasteiger partial charge < -0.3 is 34.2 Å². The summed E-state index contributed by atoms with van der Waals surface area (Å²) in [5.41, 5.74) is 4.71. The number of rotatable bonds is 11. The van der Waals surface area contributed by atoms with E-state index in [0.29, 0.717) is 5.56 Å². The highest BCUT2D eigenvalue weighted by atomic mass is 16.7. The fourth-order valence-electron chi connectivity index (χ4n) is 3.27. The van der Waals surface area contributed by atoms with E-state index < -0.39 is 35.9 Å². The van der Waals surface area contributed by atoms with E-state index in [2.05, 4.69) is 0 Å². The van der Waals surface area contributed by atoms with E-state index in [1.807, 2.05) is 41.5 Å². The van der Waals surface area contributed by atoms with Crippen molar-refractivity contribution >= 4 is 24.2 Å². The van der Waals surface area contributed by atoms with Crippen LogP contribution in [0.4, 0.5) is 9.59 Å². The minimum atomic E-state index is -1.58. The normalized spacial score (nSPS) is 13.9. The smallest absolute Gasteiger partial charge is 0.468 e. The van der Waals surface area contributed by atoms with E-state index in [0.717, 1.165) is 0 Å². The highest BCUT2D eigenvalue weighted by Crippen LogP contribution is 2.32. The molecule has 0 bridgehead atoms. The van der Waals surface area contributed by atoms with Gasteiger partial charge in [0, 0.05) is 19.3 Å². The molecule has 0 fully saturated rings. The summed E-state index contributed by atoms with van der Waals surface area (Å²) >= 11 is 0. The number of nitrogens with two attached hydrogens (primary N) is 1. The van der Waals surface area contributed by atoms with E-state index in [9.17, 15) is 19.2 Å². The molecule has 0 amide bonds. The molecule has 11 nitrogen and oxygen atoms in total. The summed E-state index contributed by atoms with van der Waals surface area (Å²) in [5, 5.41) is 0. The van der Waals surface area contributed by atoms with Gasteiger partial charge in [0.15, 0.2) is 11.5 Å². The predicted molar refractivity (Wildman–Crippen MR) is 142 cm³/mol. The van der Waals surface area contributed by atoms with Crippen LogP contribution >= 0.6 is 0 Å². The van der Waals surface area contributed by atoms with Crippen LogP contribution in [0.25, 0.3) is 0 Å². The molecule has 0 aliphatic carbocycles. The number of carbonyl (C=O) groups excluding carboxylic acids is 4. The van der Waals surface area contributed by atoms with Gasteiger partial charge in [0.25, 0.3) is 0 Å². The minimum absolute atomic E-state index is 0.0351. The van der Waals surface area contributed by atoms with Gasteiger partial charge in [0.05, 0.1) is 20.3 Å². The Morgan fingerprint density at radius 1 is 0.872 bits per heavy atom. The summed E-state index contributed by atoms with van der Waals surface area (Å²) in [7, 11) is 1.20. The van der Waals surface area contributed by atoms with Crippen molar-refractivity contribution in [3.63, 3.8) is 0 Å². The Hall–Kier alpha value is -3.34. The van der Waals surface area contributed by atoms with E-state index in [1.54, 1.807) is 19.9 Å². The summed E-state index contributed by atoms with van der Waals surface area (Å²) in [5.74, 6) is -1.40. The fraction of sp³-hybridized carbons (Fsp3) is 0.643. The lowest BCUT2D eigenvalue weighted by Gasteiger charge is -2.29. The molecule has 0 saturated heterocycles. The van der Waals surface area contributed by atoms with Crippen LogP contribution in [0.15, 0.2) is 18.2 Å². The number of benzene rings is 1. The van der Waals surface area contributed by atoms with Gasteiger partial charge in [0.1, 0.15) is 11.6 Å². The third kappa shape index (κ3) is 12.8. The van der Waals surface area contributed by atoms with Crippen LogP contribution in [0, 0.1) is 10.8 Å². The van der Waals surface area contributed by atoms with Crippen LogP contribution in [-0.2, 0) is 35.0 Å². The number of hydrogen-bond donors (Lipinski definition) is 1. The molecule has 0 heterocycles. The molecule has 1 aromatic rings. The first-order valence-electron chi connectivity index (χ1n) is 12.8. The summed E-state index contributed by atoms with van der Waals surface area (Å²) in [6.45, 7) is 14.8. The summed E-state index contributed by atoms with van der Waals surface area (Å²) < 4.78 is 31.2. The zero-order chi connectivity index (χ0) is 30.0. The monoisotopic (exact) mass is 553 g/mol. The van der Waals surface area contributed by atoms with Crippen molar-refractivity contribution in [2.45, 2.75) is 86.3 Å². The Labute approximate surface area is 230 Å². The molecule has 11 heteroatoms. The second-order valence-electron chi connectivity index (χ2n) is 11.9. The van der Waals surface area contributed by atoms with Gasteiger partial charge in [-0.05, 0) is 35.4 Å². The lowest BCUT2D eigenvalue weighted by Crippen LogP contribution is -2.53. The number of esters is 2. The molecule has 0 saturated carbocycles. The first-order valence-corrected chi connectivity index (χ1v) is 12.8. The van der Waals surface area contributed by atoms with E-state index in [4.69, 9.17) is 34.2 Å². The van der Waals surface area contributed by atoms with Crippen LogP contribution in [0.3, 0.4) is 0 Å². The number of hydrogen-bond acceptors (Lipinski definition) is 11. The van der Waals surface area contributed by atoms with Crippen molar-refractivity contribution in [3.05, 3.63) is 23.8 Å². The Morgan fingerprint density at radius 2 is 1.38 bits per heavy atom. The SMILES string of the molecule is CCC(=O)OC(C)C[C@@](N)(Cc1ccc(OC(=O)OCC(C)(C)C)c(OC(=O)OCC(C)(C)C)c1)C(=O)OC. The van der Waals surface area contributed by atoms with Crippen molar-refractivity contribution in [1.29, 1.82) is 0 Å². The molecule has 220 valence electrons. The van der Waals surface area contributed by atoms with Gasteiger partial charge in [-0.2, -0.15) is 0 Å². The van der Waals surface area contributed by atoms with Crippen molar-refractivity contribution in [3.8, 4) is 11.5 Å². The molecule has 0 radical (unpaired) electrons. The molecule has 1 unspecified atom stereocenters. The Morgan fingerprint density at radius 3 is 1.85 bits per heavy atom. The highest BCUT2D eigenvalue weighted by Gasteiger charge is 2.38. The summed E-state index contributed by atoms with van der Waals surface area (Å²) in [6.07, 6.45) is -2.61. The van der Waals surface area contributed by atoms with Gasteiger partial charge in [0.2, 0.25) is 0 Å². The zero-order valence-corrected chi connectivity index (χ0v) is 24.5. The topological polar surface area (TPSA) is 150 Å². The third-order valence-electron chi connectivity index (χ3n) is 5.03. The molecule has 0 aliphatic rings. The van der Waals surface area contributed by atoms with Gasteiger partial charge in [-0.25, -0.2) is 9.59 Å². The maximum absolute atomic E-state index is 12.7. The molecule has 2 N–H and O–H groups in total. The van der Waals surface area contributed by atoms with Crippen molar-refractivity contribution < 1.29 is 47.6 Å². The van der Waals surface area contributed by atoms with Crippen LogP contribution in [0.2, 0.25) is 0 Å². The van der Waals surface area contributed by atoms with E-state index >= 15 is 0 Å². The first-order chi connectivity index (χ1) is 17.9. The Kier molecular flexibility index (Phi) is 12.2. The third-order valence-corrected chi connectivity index (χ3v) is 5.03. The van der Waals surface area contributed by atoms with Gasteiger partial charge in [-0.3, -0.25) is 9.59 Å². The van der Waals surface area contributed by atoms with Crippen molar-refractivity contribution in [2.75, 3.05) is 20.3 Å². The van der Waals surface area contributed by atoms with Gasteiger partial charge in [-0.1, -0.05) is 54.5 Å².